The maximum Gasteiger partial charge on any atom is 0.306 e. The number of carboxylic acid groups (broad SMARTS) is 1. The molecule has 1 saturated carbocycles. The number of thiophene rings is 1. The monoisotopic (exact) mass is 241 g/mol. The van der Waals surface area contributed by atoms with Gasteiger partial charge in [0.05, 0.1) is 5.92 Å². The number of aliphatic carboxylic acids is 1. The smallest absolute Gasteiger partial charge is 0.306 e. The van der Waals surface area contributed by atoms with Crippen molar-refractivity contribution in [3.05, 3.63) is 22.4 Å². The first-order chi connectivity index (χ1) is 7.74. The van der Waals surface area contributed by atoms with E-state index in [2.05, 4.69) is 0 Å². The van der Waals surface area contributed by atoms with E-state index in [0.717, 1.165) is 25.7 Å². The Hall–Kier alpha value is -0.870. The average molecular weight is 241 g/mol. The van der Waals surface area contributed by atoms with Crippen molar-refractivity contribution in [3.63, 3.8) is 0 Å². The first-order valence-corrected chi connectivity index (χ1v) is 6.57. The highest BCUT2D eigenvalue weighted by atomic mass is 32.1. The molecule has 1 aromatic rings. The molecule has 1 aliphatic carbocycles. The molecule has 3 N–H and O–H groups in total. The van der Waals surface area contributed by atoms with Crippen molar-refractivity contribution < 1.29 is 9.90 Å². The zero-order valence-electron chi connectivity index (χ0n) is 9.39. The Morgan fingerprint density at radius 2 is 2.12 bits per heavy atom. The van der Waals surface area contributed by atoms with E-state index in [9.17, 15) is 4.79 Å². The number of hydrogen-bond donors (Lipinski definition) is 2. The molecular formula is C12H19NO2S. The summed E-state index contributed by atoms with van der Waals surface area (Å²) in [6, 6.07) is 4.04. The molecule has 0 amide bonds. The Bertz CT molecular complexity index is 292. The number of nitrogens with two attached hydrogens (primary N) is 1. The van der Waals surface area contributed by atoms with Crippen molar-refractivity contribution in [2.45, 2.75) is 38.6 Å². The lowest BCUT2D eigenvalue weighted by Crippen LogP contribution is -2.16. The lowest BCUT2D eigenvalue weighted by molar-refractivity contribution is -0.142. The minimum atomic E-state index is -0.602. The van der Waals surface area contributed by atoms with E-state index in [0.29, 0.717) is 6.54 Å². The molecule has 1 aliphatic rings. The van der Waals surface area contributed by atoms with Gasteiger partial charge in [-0.1, -0.05) is 25.3 Å². The van der Waals surface area contributed by atoms with Crippen LogP contribution in [0.15, 0.2) is 17.5 Å². The zero-order chi connectivity index (χ0) is 11.8. The van der Waals surface area contributed by atoms with Crippen LogP contribution in [0.3, 0.4) is 0 Å². The Labute approximate surface area is 100 Å². The highest BCUT2D eigenvalue weighted by molar-refractivity contribution is 7.09. The van der Waals surface area contributed by atoms with Gasteiger partial charge < -0.3 is 10.8 Å². The highest BCUT2D eigenvalue weighted by Crippen LogP contribution is 2.23. The molecule has 4 heteroatoms. The largest absolute Gasteiger partial charge is 0.481 e. The molecular weight excluding hydrogens is 222 g/mol. The normalized spacial score (nSPS) is 16.3. The van der Waals surface area contributed by atoms with Crippen LogP contribution in [0, 0.1) is 5.92 Å². The predicted molar refractivity (Wildman–Crippen MR) is 66.4 cm³/mol. The number of carbonyl (C=O) groups is 1. The van der Waals surface area contributed by atoms with Gasteiger partial charge in [0.1, 0.15) is 0 Å². The average Bonchev–Trinajstić information content (AvgIpc) is 2.84. The molecule has 0 aliphatic heterocycles. The Morgan fingerprint density at radius 3 is 2.44 bits per heavy atom. The van der Waals surface area contributed by atoms with Crippen LogP contribution in [0.1, 0.15) is 37.0 Å². The van der Waals surface area contributed by atoms with Gasteiger partial charge in [-0.05, 0) is 24.3 Å². The van der Waals surface area contributed by atoms with E-state index in [1.165, 1.54) is 11.3 Å². The summed E-state index contributed by atoms with van der Waals surface area (Å²) in [5, 5.41) is 10.6. The first kappa shape index (κ1) is 13.2. The van der Waals surface area contributed by atoms with E-state index in [4.69, 9.17) is 10.8 Å². The summed E-state index contributed by atoms with van der Waals surface area (Å²) in [5.74, 6) is -0.631. The predicted octanol–water partition coefficient (Wildman–Crippen LogP) is 2.86. The number of carboxylic acids is 1. The minimum Gasteiger partial charge on any atom is -0.481 e. The Kier molecular flexibility index (Phi) is 6.11. The summed E-state index contributed by atoms with van der Waals surface area (Å²) in [6.07, 6.45) is 5.24. The number of rotatable bonds is 2. The third kappa shape index (κ3) is 4.77. The molecule has 0 bridgehead atoms. The van der Waals surface area contributed by atoms with E-state index in [-0.39, 0.29) is 5.92 Å². The first-order valence-electron chi connectivity index (χ1n) is 5.69. The van der Waals surface area contributed by atoms with Gasteiger partial charge in [0.15, 0.2) is 0 Å². The Morgan fingerprint density at radius 1 is 1.44 bits per heavy atom. The van der Waals surface area contributed by atoms with Gasteiger partial charge in [0, 0.05) is 11.4 Å². The topological polar surface area (TPSA) is 63.3 Å². The molecule has 16 heavy (non-hydrogen) atoms. The van der Waals surface area contributed by atoms with Crippen LogP contribution in [0.25, 0.3) is 0 Å². The molecule has 0 unspecified atom stereocenters. The van der Waals surface area contributed by atoms with Gasteiger partial charge in [0.2, 0.25) is 0 Å². The molecule has 1 fully saturated rings. The van der Waals surface area contributed by atoms with Gasteiger partial charge in [-0.2, -0.15) is 0 Å². The van der Waals surface area contributed by atoms with Crippen molar-refractivity contribution in [2.75, 3.05) is 0 Å². The minimum absolute atomic E-state index is 0.0289. The van der Waals surface area contributed by atoms with Gasteiger partial charge in [-0.3, -0.25) is 4.79 Å². The van der Waals surface area contributed by atoms with Gasteiger partial charge in [-0.15, -0.1) is 11.3 Å². The lowest BCUT2D eigenvalue weighted by atomic mass is 9.90. The van der Waals surface area contributed by atoms with Crippen LogP contribution in [0.2, 0.25) is 0 Å². The van der Waals surface area contributed by atoms with Crippen molar-refractivity contribution >= 4 is 17.3 Å². The van der Waals surface area contributed by atoms with E-state index < -0.39 is 5.97 Å². The van der Waals surface area contributed by atoms with Crippen LogP contribution in [0.4, 0.5) is 0 Å². The van der Waals surface area contributed by atoms with Crippen LogP contribution in [-0.2, 0) is 11.3 Å². The van der Waals surface area contributed by atoms with Crippen molar-refractivity contribution in [1.82, 2.24) is 0 Å². The molecule has 0 aromatic carbocycles. The summed E-state index contributed by atoms with van der Waals surface area (Å²) in [6.45, 7) is 0.678. The van der Waals surface area contributed by atoms with Gasteiger partial charge in [0.25, 0.3) is 0 Å². The van der Waals surface area contributed by atoms with Crippen LogP contribution < -0.4 is 5.73 Å². The van der Waals surface area contributed by atoms with E-state index in [1.54, 1.807) is 11.3 Å². The van der Waals surface area contributed by atoms with Crippen LogP contribution >= 0.6 is 11.3 Å². The fraction of sp³-hybridized carbons (Fsp3) is 0.583. The van der Waals surface area contributed by atoms with Crippen molar-refractivity contribution in [2.24, 2.45) is 11.7 Å². The third-order valence-corrected chi connectivity index (χ3v) is 3.63. The second-order valence-electron chi connectivity index (χ2n) is 3.96. The van der Waals surface area contributed by atoms with Gasteiger partial charge >= 0.3 is 5.97 Å². The van der Waals surface area contributed by atoms with Crippen LogP contribution in [-0.4, -0.2) is 11.1 Å². The molecule has 0 spiro atoms. The highest BCUT2D eigenvalue weighted by Gasteiger charge is 2.19. The second-order valence-corrected chi connectivity index (χ2v) is 4.99. The summed E-state index contributed by atoms with van der Waals surface area (Å²) >= 11 is 1.70. The van der Waals surface area contributed by atoms with E-state index >= 15 is 0 Å². The SMILES string of the molecule is NCc1cccs1.O=C(O)C1CCCCC1. The van der Waals surface area contributed by atoms with Gasteiger partial charge in [-0.25, -0.2) is 0 Å². The Balaban J connectivity index is 0.000000165. The maximum atomic E-state index is 10.4. The lowest BCUT2D eigenvalue weighted by Gasteiger charge is -2.16. The summed E-state index contributed by atoms with van der Waals surface area (Å²) in [4.78, 5) is 11.6. The maximum absolute atomic E-state index is 10.4. The van der Waals surface area contributed by atoms with E-state index in [1.807, 2.05) is 17.5 Å². The molecule has 90 valence electrons. The van der Waals surface area contributed by atoms with Crippen molar-refractivity contribution in [1.29, 1.82) is 0 Å². The van der Waals surface area contributed by atoms with Crippen LogP contribution in [0.5, 0.6) is 0 Å². The summed E-state index contributed by atoms with van der Waals surface area (Å²) in [7, 11) is 0. The second kappa shape index (κ2) is 7.41. The van der Waals surface area contributed by atoms with Crippen molar-refractivity contribution in [3.8, 4) is 0 Å². The number of hydrogen-bond acceptors (Lipinski definition) is 3. The molecule has 2 rings (SSSR count). The molecule has 0 atom stereocenters. The fourth-order valence-electron chi connectivity index (χ4n) is 1.78. The molecule has 0 radical (unpaired) electrons. The molecule has 1 heterocycles. The summed E-state index contributed by atoms with van der Waals surface area (Å²) in [5.41, 5.74) is 5.30. The molecule has 3 nitrogen and oxygen atoms in total. The quantitative estimate of drug-likeness (QED) is 0.837. The zero-order valence-corrected chi connectivity index (χ0v) is 10.2. The fourth-order valence-corrected chi connectivity index (χ4v) is 2.36. The summed E-state index contributed by atoms with van der Waals surface area (Å²) < 4.78 is 0. The standard InChI is InChI=1S/C7H12O2.C5H7NS/c8-7(9)6-4-2-1-3-5-6;6-4-5-2-1-3-7-5/h6H,1-5H2,(H,8,9);1-3H,4,6H2. The molecule has 0 saturated heterocycles. The third-order valence-electron chi connectivity index (χ3n) is 2.74. The molecule has 1 aromatic heterocycles.